The number of hydrogen-bond donors (Lipinski definition) is 1. The van der Waals surface area contributed by atoms with Crippen molar-refractivity contribution in [3.8, 4) is 0 Å². The molecule has 1 aliphatic rings. The fourth-order valence-corrected chi connectivity index (χ4v) is 2.90. The highest BCUT2D eigenvalue weighted by molar-refractivity contribution is 6.18. The van der Waals surface area contributed by atoms with Crippen LogP contribution in [0.4, 0.5) is 11.4 Å². The van der Waals surface area contributed by atoms with Gasteiger partial charge in [-0.15, -0.1) is 11.6 Å². The molecule has 0 radical (unpaired) electrons. The Kier molecular flexibility index (Phi) is 3.07. The number of benzene rings is 2. The van der Waals surface area contributed by atoms with E-state index in [1.165, 1.54) is 0 Å². The van der Waals surface area contributed by atoms with Crippen molar-refractivity contribution in [2.24, 2.45) is 5.92 Å². The highest BCUT2D eigenvalue weighted by Crippen LogP contribution is 2.35. The van der Waals surface area contributed by atoms with Gasteiger partial charge in [-0.25, -0.2) is 0 Å². The summed E-state index contributed by atoms with van der Waals surface area (Å²) in [5.41, 5.74) is 7.67. The largest absolute Gasteiger partial charge is 0.398 e. The first-order valence-corrected chi connectivity index (χ1v) is 6.87. The summed E-state index contributed by atoms with van der Waals surface area (Å²) in [5, 5.41) is 2.01. The predicted octanol–water partition coefficient (Wildman–Crippen LogP) is 3.01. The number of alkyl halides is 1. The van der Waals surface area contributed by atoms with Gasteiger partial charge in [0.1, 0.15) is 0 Å². The molecule has 0 aromatic heterocycles. The molecule has 1 fully saturated rings. The summed E-state index contributed by atoms with van der Waals surface area (Å²) in [6.45, 7) is 0.676. The number of rotatable bonds is 2. The van der Waals surface area contributed by atoms with E-state index in [-0.39, 0.29) is 11.8 Å². The molecule has 2 aromatic rings. The zero-order chi connectivity index (χ0) is 13.4. The number of anilines is 2. The standard InChI is InChI=1S/C15H15ClN2O/c16-8-10-7-14(19)18(9-10)13-6-2-4-11-3-1-5-12(17)15(11)13/h1-6,10H,7-9,17H2. The van der Waals surface area contributed by atoms with E-state index in [1.807, 2.05) is 41.3 Å². The van der Waals surface area contributed by atoms with Crippen LogP contribution in [0.1, 0.15) is 6.42 Å². The molecule has 0 aliphatic carbocycles. The van der Waals surface area contributed by atoms with Gasteiger partial charge in [-0.1, -0.05) is 24.3 Å². The topological polar surface area (TPSA) is 46.3 Å². The second-order valence-electron chi connectivity index (χ2n) is 4.95. The quantitative estimate of drug-likeness (QED) is 0.676. The fraction of sp³-hybridized carbons (Fsp3) is 0.267. The first kappa shape index (κ1) is 12.3. The van der Waals surface area contributed by atoms with Crippen molar-refractivity contribution in [2.45, 2.75) is 6.42 Å². The van der Waals surface area contributed by atoms with Crippen molar-refractivity contribution >= 4 is 39.7 Å². The Bertz CT molecular complexity index is 636. The van der Waals surface area contributed by atoms with Gasteiger partial charge in [0.15, 0.2) is 0 Å². The number of carbonyl (C=O) groups excluding carboxylic acids is 1. The molecule has 19 heavy (non-hydrogen) atoms. The normalized spacial score (nSPS) is 19.3. The summed E-state index contributed by atoms with van der Waals surface area (Å²) < 4.78 is 0. The van der Waals surface area contributed by atoms with Crippen LogP contribution in [-0.4, -0.2) is 18.3 Å². The van der Waals surface area contributed by atoms with E-state index in [2.05, 4.69) is 0 Å². The molecule has 4 heteroatoms. The first-order valence-electron chi connectivity index (χ1n) is 6.34. The lowest BCUT2D eigenvalue weighted by Gasteiger charge is -2.19. The maximum Gasteiger partial charge on any atom is 0.227 e. The average molecular weight is 275 g/mol. The number of nitrogens with two attached hydrogens (primary N) is 1. The smallest absolute Gasteiger partial charge is 0.227 e. The van der Waals surface area contributed by atoms with Crippen LogP contribution < -0.4 is 10.6 Å². The highest BCUT2D eigenvalue weighted by Gasteiger charge is 2.30. The molecule has 1 saturated heterocycles. The average Bonchev–Trinajstić information content (AvgIpc) is 2.80. The van der Waals surface area contributed by atoms with E-state index >= 15 is 0 Å². The van der Waals surface area contributed by atoms with Gasteiger partial charge in [-0.05, 0) is 23.4 Å². The van der Waals surface area contributed by atoms with Crippen LogP contribution in [0.5, 0.6) is 0 Å². The van der Waals surface area contributed by atoms with E-state index in [0.29, 0.717) is 24.5 Å². The first-order chi connectivity index (χ1) is 9.20. The Hall–Kier alpha value is -1.74. The van der Waals surface area contributed by atoms with Crippen molar-refractivity contribution in [1.82, 2.24) is 0 Å². The molecule has 0 spiro atoms. The minimum atomic E-state index is 0.126. The monoisotopic (exact) mass is 274 g/mol. The van der Waals surface area contributed by atoms with Crippen molar-refractivity contribution in [3.05, 3.63) is 36.4 Å². The number of halogens is 1. The highest BCUT2D eigenvalue weighted by atomic mass is 35.5. The van der Waals surface area contributed by atoms with Crippen LogP contribution >= 0.6 is 11.6 Å². The van der Waals surface area contributed by atoms with Crippen LogP contribution in [0.3, 0.4) is 0 Å². The summed E-state index contributed by atoms with van der Waals surface area (Å²) >= 11 is 5.87. The summed E-state index contributed by atoms with van der Waals surface area (Å²) in [6, 6.07) is 11.7. The number of fused-ring (bicyclic) bond motifs is 1. The zero-order valence-electron chi connectivity index (χ0n) is 10.5. The second-order valence-corrected chi connectivity index (χ2v) is 5.26. The van der Waals surface area contributed by atoms with Crippen LogP contribution in [0, 0.1) is 5.92 Å². The summed E-state index contributed by atoms with van der Waals surface area (Å²) in [6.07, 6.45) is 0.520. The lowest BCUT2D eigenvalue weighted by atomic mass is 10.1. The molecule has 1 aliphatic heterocycles. The number of nitrogens with zero attached hydrogens (tertiary/aromatic N) is 1. The van der Waals surface area contributed by atoms with E-state index in [1.54, 1.807) is 0 Å². The van der Waals surface area contributed by atoms with E-state index in [0.717, 1.165) is 16.5 Å². The molecular formula is C15H15ClN2O. The number of carbonyl (C=O) groups is 1. The van der Waals surface area contributed by atoms with Crippen LogP contribution in [0.2, 0.25) is 0 Å². The Morgan fingerprint density at radius 2 is 2.00 bits per heavy atom. The lowest BCUT2D eigenvalue weighted by Crippen LogP contribution is -2.25. The molecule has 0 bridgehead atoms. The third-order valence-corrected chi connectivity index (χ3v) is 4.07. The molecule has 2 N–H and O–H groups in total. The van der Waals surface area contributed by atoms with E-state index in [4.69, 9.17) is 17.3 Å². The Morgan fingerprint density at radius 3 is 2.68 bits per heavy atom. The molecule has 1 unspecified atom stereocenters. The van der Waals surface area contributed by atoms with E-state index in [9.17, 15) is 4.79 Å². The van der Waals surface area contributed by atoms with Gasteiger partial charge < -0.3 is 10.6 Å². The molecule has 1 atom stereocenters. The number of hydrogen-bond acceptors (Lipinski definition) is 2. The molecule has 98 valence electrons. The van der Waals surface area contributed by atoms with Crippen LogP contribution in [-0.2, 0) is 4.79 Å². The Labute approximate surface area is 116 Å². The molecule has 1 heterocycles. The summed E-state index contributed by atoms with van der Waals surface area (Å²) in [7, 11) is 0. The van der Waals surface area contributed by atoms with Crippen molar-refractivity contribution in [1.29, 1.82) is 0 Å². The molecule has 3 rings (SSSR count). The third kappa shape index (κ3) is 2.04. The van der Waals surface area contributed by atoms with Crippen LogP contribution in [0.15, 0.2) is 36.4 Å². The van der Waals surface area contributed by atoms with Gasteiger partial charge in [0.2, 0.25) is 5.91 Å². The van der Waals surface area contributed by atoms with E-state index < -0.39 is 0 Å². The molecule has 3 nitrogen and oxygen atoms in total. The number of nitrogen functional groups attached to an aromatic ring is 1. The zero-order valence-corrected chi connectivity index (χ0v) is 11.2. The number of amides is 1. The SMILES string of the molecule is Nc1cccc2cccc(N3CC(CCl)CC3=O)c12. The van der Waals surface area contributed by atoms with Gasteiger partial charge >= 0.3 is 0 Å². The van der Waals surface area contributed by atoms with Crippen molar-refractivity contribution in [2.75, 3.05) is 23.1 Å². The lowest BCUT2D eigenvalue weighted by molar-refractivity contribution is -0.117. The minimum absolute atomic E-state index is 0.126. The molecule has 1 amide bonds. The second kappa shape index (κ2) is 4.74. The maximum atomic E-state index is 12.1. The van der Waals surface area contributed by atoms with Gasteiger partial charge in [-0.2, -0.15) is 0 Å². The van der Waals surface area contributed by atoms with Gasteiger partial charge in [0.05, 0.1) is 5.69 Å². The minimum Gasteiger partial charge on any atom is -0.398 e. The van der Waals surface area contributed by atoms with Gasteiger partial charge in [-0.3, -0.25) is 4.79 Å². The van der Waals surface area contributed by atoms with Crippen molar-refractivity contribution < 1.29 is 4.79 Å². The van der Waals surface area contributed by atoms with Gasteiger partial charge in [0.25, 0.3) is 0 Å². The molecule has 0 saturated carbocycles. The Balaban J connectivity index is 2.13. The third-order valence-electron chi connectivity index (χ3n) is 3.63. The maximum absolute atomic E-state index is 12.1. The summed E-state index contributed by atoms with van der Waals surface area (Å²) in [4.78, 5) is 13.9. The Morgan fingerprint density at radius 1 is 1.26 bits per heavy atom. The summed E-state index contributed by atoms with van der Waals surface area (Å²) in [5.74, 6) is 0.874. The van der Waals surface area contributed by atoms with Crippen molar-refractivity contribution in [3.63, 3.8) is 0 Å². The predicted molar refractivity (Wildman–Crippen MR) is 79.5 cm³/mol. The van der Waals surface area contributed by atoms with Crippen LogP contribution in [0.25, 0.3) is 10.8 Å². The van der Waals surface area contributed by atoms with Gasteiger partial charge in [0, 0.05) is 29.9 Å². The fourth-order valence-electron chi connectivity index (χ4n) is 2.69. The molecular weight excluding hydrogens is 260 g/mol. The molecule has 2 aromatic carbocycles.